The van der Waals surface area contributed by atoms with Gasteiger partial charge in [0, 0.05) is 0 Å². The van der Waals surface area contributed by atoms with Crippen LogP contribution in [0.25, 0.3) is 0 Å². The minimum absolute atomic E-state index is 0.0387. The van der Waals surface area contributed by atoms with Gasteiger partial charge in [0.1, 0.15) is 0 Å². The molecule has 1 unspecified atom stereocenters. The molecule has 0 bridgehead atoms. The Kier molecular flexibility index (Phi) is 6.56. The third-order valence-electron chi connectivity index (χ3n) is 4.10. The third-order valence-corrected chi connectivity index (χ3v) is 5.01. The number of nitrogens with two attached hydrogens (primary N) is 1. The topological polar surface area (TPSA) is 89.3 Å². The van der Waals surface area contributed by atoms with Gasteiger partial charge in [0.25, 0.3) is 0 Å². The summed E-state index contributed by atoms with van der Waals surface area (Å²) in [6.07, 6.45) is 1.30. The standard InChI is InChI=1S/C20H26N2O3S/c1-14(2)11-16-7-9-17(10-8-16)12-20(23)22-15(3)18-5-4-6-19(13-18)26(21,24)25/h4-10,13-15H,11-12H2,1-3H3,(H,22,23)(H2,21,24,25). The van der Waals surface area contributed by atoms with E-state index in [4.69, 9.17) is 5.14 Å². The lowest BCUT2D eigenvalue weighted by Gasteiger charge is -2.15. The van der Waals surface area contributed by atoms with Crippen LogP contribution in [0.15, 0.2) is 53.4 Å². The fourth-order valence-corrected chi connectivity index (χ4v) is 3.36. The summed E-state index contributed by atoms with van der Waals surface area (Å²) < 4.78 is 22.9. The maximum atomic E-state index is 12.3. The Labute approximate surface area is 155 Å². The van der Waals surface area contributed by atoms with Crippen LogP contribution in [0.5, 0.6) is 0 Å². The van der Waals surface area contributed by atoms with Crippen molar-refractivity contribution in [3.63, 3.8) is 0 Å². The van der Waals surface area contributed by atoms with Crippen LogP contribution in [0.4, 0.5) is 0 Å². The van der Waals surface area contributed by atoms with Crippen molar-refractivity contribution < 1.29 is 13.2 Å². The Bertz CT molecular complexity index is 859. The van der Waals surface area contributed by atoms with Gasteiger partial charge in [0.2, 0.25) is 15.9 Å². The zero-order chi connectivity index (χ0) is 19.3. The molecule has 1 amide bonds. The highest BCUT2D eigenvalue weighted by atomic mass is 32.2. The smallest absolute Gasteiger partial charge is 0.238 e. The van der Waals surface area contributed by atoms with E-state index in [0.29, 0.717) is 11.5 Å². The summed E-state index contributed by atoms with van der Waals surface area (Å²) in [6.45, 7) is 6.16. The van der Waals surface area contributed by atoms with Crippen molar-refractivity contribution in [2.24, 2.45) is 11.1 Å². The molecule has 2 aromatic carbocycles. The zero-order valence-electron chi connectivity index (χ0n) is 15.4. The first-order valence-corrected chi connectivity index (χ1v) is 10.2. The first kappa shape index (κ1) is 20.1. The van der Waals surface area contributed by atoms with Crippen LogP contribution in [0.1, 0.15) is 43.5 Å². The van der Waals surface area contributed by atoms with Crippen molar-refractivity contribution in [1.82, 2.24) is 5.32 Å². The average molecular weight is 375 g/mol. The Morgan fingerprint density at radius 3 is 2.23 bits per heavy atom. The molecule has 2 rings (SSSR count). The molecule has 140 valence electrons. The van der Waals surface area contributed by atoms with Crippen molar-refractivity contribution in [3.8, 4) is 0 Å². The van der Waals surface area contributed by atoms with Gasteiger partial charge in [-0.1, -0.05) is 50.2 Å². The lowest BCUT2D eigenvalue weighted by Crippen LogP contribution is -2.28. The second-order valence-electron chi connectivity index (χ2n) is 7.00. The van der Waals surface area contributed by atoms with Crippen LogP contribution >= 0.6 is 0 Å². The van der Waals surface area contributed by atoms with Gasteiger partial charge in [-0.3, -0.25) is 4.79 Å². The van der Waals surface area contributed by atoms with Crippen LogP contribution in [0.2, 0.25) is 0 Å². The lowest BCUT2D eigenvalue weighted by molar-refractivity contribution is -0.121. The predicted molar refractivity (Wildman–Crippen MR) is 103 cm³/mol. The number of benzene rings is 2. The highest BCUT2D eigenvalue weighted by Crippen LogP contribution is 2.17. The number of nitrogens with one attached hydrogen (secondary N) is 1. The minimum Gasteiger partial charge on any atom is -0.349 e. The average Bonchev–Trinajstić information content (AvgIpc) is 2.55. The highest BCUT2D eigenvalue weighted by molar-refractivity contribution is 7.89. The van der Waals surface area contributed by atoms with Gasteiger partial charge in [-0.2, -0.15) is 0 Å². The van der Waals surface area contributed by atoms with Crippen LogP contribution in [0.3, 0.4) is 0 Å². The van der Waals surface area contributed by atoms with Gasteiger partial charge in [0.15, 0.2) is 0 Å². The van der Waals surface area contributed by atoms with Crippen LogP contribution in [0, 0.1) is 5.92 Å². The predicted octanol–water partition coefficient (Wildman–Crippen LogP) is 2.95. The summed E-state index contributed by atoms with van der Waals surface area (Å²) in [4.78, 5) is 12.3. The third kappa shape index (κ3) is 5.97. The first-order valence-electron chi connectivity index (χ1n) is 8.65. The molecule has 0 spiro atoms. The summed E-state index contributed by atoms with van der Waals surface area (Å²) in [7, 11) is -3.76. The van der Waals surface area contributed by atoms with E-state index in [2.05, 4.69) is 31.3 Å². The number of hydrogen-bond donors (Lipinski definition) is 2. The summed E-state index contributed by atoms with van der Waals surface area (Å²) in [5, 5.41) is 8.05. The highest BCUT2D eigenvalue weighted by Gasteiger charge is 2.14. The van der Waals surface area contributed by atoms with Gasteiger partial charge in [0.05, 0.1) is 17.4 Å². The van der Waals surface area contributed by atoms with Gasteiger partial charge in [-0.25, -0.2) is 13.6 Å². The fourth-order valence-electron chi connectivity index (χ4n) is 2.79. The molecule has 0 aromatic heterocycles. The van der Waals surface area contributed by atoms with E-state index < -0.39 is 10.0 Å². The second kappa shape index (κ2) is 8.47. The molecule has 6 heteroatoms. The number of carbonyl (C=O) groups excluding carboxylic acids is 1. The largest absolute Gasteiger partial charge is 0.349 e. The molecule has 0 fully saturated rings. The molecule has 0 aliphatic carbocycles. The van der Waals surface area contributed by atoms with E-state index in [1.165, 1.54) is 17.7 Å². The Balaban J connectivity index is 1.99. The molecule has 5 nitrogen and oxygen atoms in total. The van der Waals surface area contributed by atoms with E-state index in [1.807, 2.05) is 19.1 Å². The summed E-state index contributed by atoms with van der Waals surface area (Å²) in [6, 6.07) is 14.1. The van der Waals surface area contributed by atoms with Crippen molar-refractivity contribution in [2.75, 3.05) is 0 Å². The van der Waals surface area contributed by atoms with Crippen molar-refractivity contribution in [1.29, 1.82) is 0 Å². The molecule has 2 aromatic rings. The molecule has 0 aliphatic rings. The van der Waals surface area contributed by atoms with Crippen LogP contribution in [-0.4, -0.2) is 14.3 Å². The molecule has 0 saturated heterocycles. The minimum atomic E-state index is -3.76. The second-order valence-corrected chi connectivity index (χ2v) is 8.56. The quantitative estimate of drug-likeness (QED) is 0.781. The van der Waals surface area contributed by atoms with Crippen molar-refractivity contribution in [3.05, 3.63) is 65.2 Å². The maximum absolute atomic E-state index is 12.3. The monoisotopic (exact) mass is 374 g/mol. The number of hydrogen-bond acceptors (Lipinski definition) is 3. The zero-order valence-corrected chi connectivity index (χ0v) is 16.2. The number of primary sulfonamides is 1. The fraction of sp³-hybridized carbons (Fsp3) is 0.350. The molecule has 26 heavy (non-hydrogen) atoms. The molecule has 0 radical (unpaired) electrons. The van der Waals surface area contributed by atoms with E-state index in [9.17, 15) is 13.2 Å². The van der Waals surface area contributed by atoms with Crippen molar-refractivity contribution >= 4 is 15.9 Å². The van der Waals surface area contributed by atoms with Gasteiger partial charge < -0.3 is 5.32 Å². The number of rotatable bonds is 7. The van der Waals surface area contributed by atoms with E-state index in [-0.39, 0.29) is 23.3 Å². The van der Waals surface area contributed by atoms with Crippen LogP contribution in [-0.2, 0) is 27.7 Å². The van der Waals surface area contributed by atoms with E-state index in [1.54, 1.807) is 12.1 Å². The molecule has 3 N–H and O–H groups in total. The van der Waals surface area contributed by atoms with Crippen LogP contribution < -0.4 is 10.5 Å². The van der Waals surface area contributed by atoms with Gasteiger partial charge >= 0.3 is 0 Å². The Morgan fingerprint density at radius 2 is 1.65 bits per heavy atom. The normalized spacial score (nSPS) is 12.8. The summed E-state index contributed by atoms with van der Waals surface area (Å²) in [5.74, 6) is 0.480. The number of amides is 1. The maximum Gasteiger partial charge on any atom is 0.238 e. The Morgan fingerprint density at radius 1 is 1.04 bits per heavy atom. The first-order chi connectivity index (χ1) is 12.1. The molecule has 0 aliphatic heterocycles. The lowest BCUT2D eigenvalue weighted by atomic mass is 10.0. The van der Waals surface area contributed by atoms with Gasteiger partial charge in [-0.15, -0.1) is 0 Å². The van der Waals surface area contributed by atoms with E-state index >= 15 is 0 Å². The van der Waals surface area contributed by atoms with E-state index in [0.717, 1.165) is 12.0 Å². The summed E-state index contributed by atoms with van der Waals surface area (Å²) >= 11 is 0. The van der Waals surface area contributed by atoms with Crippen molar-refractivity contribution in [2.45, 2.75) is 44.6 Å². The molecular formula is C20H26N2O3S. The summed E-state index contributed by atoms with van der Waals surface area (Å²) in [5.41, 5.74) is 2.90. The number of sulfonamides is 1. The number of carbonyl (C=O) groups is 1. The molecule has 0 heterocycles. The molecule has 1 atom stereocenters. The van der Waals surface area contributed by atoms with Gasteiger partial charge in [-0.05, 0) is 48.1 Å². The molecule has 0 saturated carbocycles. The SMILES string of the molecule is CC(C)Cc1ccc(CC(=O)NC(C)c2cccc(S(N)(=O)=O)c2)cc1. The molecular weight excluding hydrogens is 348 g/mol. The Hall–Kier alpha value is -2.18.